The van der Waals surface area contributed by atoms with E-state index in [9.17, 15) is 13.2 Å². The predicted molar refractivity (Wildman–Crippen MR) is 106 cm³/mol. The number of fused-ring (bicyclic) bond motifs is 1. The van der Waals surface area contributed by atoms with Crippen LogP contribution < -0.4 is 10.6 Å². The fourth-order valence-electron chi connectivity index (χ4n) is 3.33. The molecule has 0 atom stereocenters. The largest absolute Gasteiger partial charge is 0.330 e. The summed E-state index contributed by atoms with van der Waals surface area (Å²) in [5.74, 6) is -0.0763. The van der Waals surface area contributed by atoms with Crippen molar-refractivity contribution < 1.29 is 13.2 Å². The van der Waals surface area contributed by atoms with Crippen LogP contribution in [0.15, 0.2) is 53.4 Å². The Morgan fingerprint density at radius 2 is 1.93 bits per heavy atom. The molecule has 1 aliphatic rings. The van der Waals surface area contributed by atoms with Crippen LogP contribution in [0.1, 0.15) is 24.5 Å². The SMILES string of the molecule is CC(=O)N1CCc2ccc(S(=O)(=O)N(CCCN)Cc3ccccc3)cc21. The van der Waals surface area contributed by atoms with Gasteiger partial charge in [-0.2, -0.15) is 4.31 Å². The van der Waals surface area contributed by atoms with Crippen LogP contribution in [0.4, 0.5) is 5.69 Å². The van der Waals surface area contributed by atoms with E-state index in [0.29, 0.717) is 31.7 Å². The number of benzene rings is 2. The van der Waals surface area contributed by atoms with Crippen LogP contribution >= 0.6 is 0 Å². The van der Waals surface area contributed by atoms with Gasteiger partial charge >= 0.3 is 0 Å². The Bertz CT molecular complexity index is 913. The third-order valence-electron chi connectivity index (χ3n) is 4.78. The molecule has 1 amide bonds. The van der Waals surface area contributed by atoms with E-state index in [4.69, 9.17) is 5.73 Å². The number of carbonyl (C=O) groups excluding carboxylic acids is 1. The quantitative estimate of drug-likeness (QED) is 0.789. The molecule has 0 spiro atoms. The summed E-state index contributed by atoms with van der Waals surface area (Å²) >= 11 is 0. The molecular formula is C20H25N3O3S. The topological polar surface area (TPSA) is 83.7 Å². The maximum atomic E-state index is 13.3. The first kappa shape index (κ1) is 19.5. The van der Waals surface area contributed by atoms with Gasteiger partial charge in [0, 0.05) is 32.2 Å². The first-order valence-electron chi connectivity index (χ1n) is 9.08. The van der Waals surface area contributed by atoms with Gasteiger partial charge in [0.1, 0.15) is 0 Å². The summed E-state index contributed by atoms with van der Waals surface area (Å²) < 4.78 is 28.1. The smallest absolute Gasteiger partial charge is 0.243 e. The average molecular weight is 388 g/mol. The van der Waals surface area contributed by atoms with Crippen LogP contribution in [-0.4, -0.2) is 38.3 Å². The molecule has 0 saturated heterocycles. The Hall–Kier alpha value is -2.22. The number of rotatable bonds is 7. The highest BCUT2D eigenvalue weighted by molar-refractivity contribution is 7.89. The third kappa shape index (κ3) is 4.21. The Morgan fingerprint density at radius 3 is 2.59 bits per heavy atom. The van der Waals surface area contributed by atoms with Crippen molar-refractivity contribution in [2.45, 2.75) is 31.2 Å². The van der Waals surface area contributed by atoms with Crippen LogP contribution in [0, 0.1) is 0 Å². The van der Waals surface area contributed by atoms with E-state index in [1.807, 2.05) is 36.4 Å². The van der Waals surface area contributed by atoms with Gasteiger partial charge in [-0.1, -0.05) is 36.4 Å². The molecule has 3 rings (SSSR count). The molecule has 144 valence electrons. The molecule has 1 heterocycles. The number of nitrogens with zero attached hydrogens (tertiary/aromatic N) is 2. The molecule has 6 nitrogen and oxygen atoms in total. The molecule has 2 N–H and O–H groups in total. The third-order valence-corrected chi connectivity index (χ3v) is 6.62. The van der Waals surface area contributed by atoms with Crippen molar-refractivity contribution in [2.24, 2.45) is 5.73 Å². The molecule has 0 saturated carbocycles. The lowest BCUT2D eigenvalue weighted by atomic mass is 10.2. The zero-order valence-corrected chi connectivity index (χ0v) is 16.3. The Labute approximate surface area is 160 Å². The predicted octanol–water partition coefficient (Wildman–Crippen LogP) is 2.14. The minimum atomic E-state index is -3.70. The van der Waals surface area contributed by atoms with Crippen molar-refractivity contribution in [3.63, 3.8) is 0 Å². The molecule has 7 heteroatoms. The number of hydrogen-bond acceptors (Lipinski definition) is 4. The number of anilines is 1. The van der Waals surface area contributed by atoms with Crippen LogP contribution in [0.25, 0.3) is 0 Å². The molecule has 2 aromatic rings. The first-order chi connectivity index (χ1) is 12.9. The fraction of sp³-hybridized carbons (Fsp3) is 0.350. The molecule has 2 aromatic carbocycles. The van der Waals surface area contributed by atoms with Crippen molar-refractivity contribution >= 4 is 21.6 Å². The molecular weight excluding hydrogens is 362 g/mol. The van der Waals surface area contributed by atoms with Crippen molar-refractivity contribution in [1.82, 2.24) is 4.31 Å². The second-order valence-electron chi connectivity index (χ2n) is 6.68. The van der Waals surface area contributed by atoms with E-state index in [0.717, 1.165) is 17.5 Å². The number of hydrogen-bond donors (Lipinski definition) is 1. The van der Waals surface area contributed by atoms with Gasteiger partial charge in [-0.15, -0.1) is 0 Å². The Kier molecular flexibility index (Phi) is 5.94. The van der Waals surface area contributed by atoms with Crippen LogP contribution in [-0.2, 0) is 27.8 Å². The lowest BCUT2D eigenvalue weighted by Gasteiger charge is -2.23. The lowest BCUT2D eigenvalue weighted by Crippen LogP contribution is -2.33. The summed E-state index contributed by atoms with van der Waals surface area (Å²) in [6.45, 7) is 3.15. The van der Waals surface area contributed by atoms with Gasteiger partial charge in [-0.25, -0.2) is 8.42 Å². The molecule has 27 heavy (non-hydrogen) atoms. The van der Waals surface area contributed by atoms with Gasteiger partial charge in [-0.3, -0.25) is 4.79 Å². The normalized spacial score (nSPS) is 13.8. The second kappa shape index (κ2) is 8.21. The van der Waals surface area contributed by atoms with E-state index in [1.54, 1.807) is 17.0 Å². The number of amides is 1. The van der Waals surface area contributed by atoms with Crippen molar-refractivity contribution in [3.8, 4) is 0 Å². The summed E-state index contributed by atoms with van der Waals surface area (Å²) in [5.41, 5.74) is 8.23. The van der Waals surface area contributed by atoms with Crippen LogP contribution in [0.3, 0.4) is 0 Å². The summed E-state index contributed by atoms with van der Waals surface area (Å²) in [6.07, 6.45) is 1.33. The molecule has 0 aliphatic carbocycles. The number of carbonyl (C=O) groups is 1. The zero-order chi connectivity index (χ0) is 19.4. The van der Waals surface area contributed by atoms with Crippen molar-refractivity contribution in [2.75, 3.05) is 24.5 Å². The minimum Gasteiger partial charge on any atom is -0.330 e. The molecule has 1 aliphatic heterocycles. The van der Waals surface area contributed by atoms with Crippen LogP contribution in [0.2, 0.25) is 0 Å². The van der Waals surface area contributed by atoms with Gasteiger partial charge in [0.05, 0.1) is 4.90 Å². The molecule has 0 aromatic heterocycles. The van der Waals surface area contributed by atoms with Crippen LogP contribution in [0.5, 0.6) is 0 Å². The van der Waals surface area contributed by atoms with E-state index in [1.165, 1.54) is 11.2 Å². The van der Waals surface area contributed by atoms with E-state index < -0.39 is 10.0 Å². The Balaban J connectivity index is 1.94. The summed E-state index contributed by atoms with van der Waals surface area (Å²) in [7, 11) is -3.70. The highest BCUT2D eigenvalue weighted by Gasteiger charge is 2.28. The second-order valence-corrected chi connectivity index (χ2v) is 8.62. The van der Waals surface area contributed by atoms with Gasteiger partial charge in [0.2, 0.25) is 15.9 Å². The standard InChI is InChI=1S/C20H25N3O3S/c1-16(24)23-13-10-18-8-9-19(14-20(18)23)27(25,26)22(12-5-11-21)15-17-6-3-2-4-7-17/h2-4,6-9,14H,5,10-13,15,21H2,1H3. The number of sulfonamides is 1. The van der Waals surface area contributed by atoms with Crippen molar-refractivity contribution in [1.29, 1.82) is 0 Å². The van der Waals surface area contributed by atoms with Gasteiger partial charge in [-0.05, 0) is 42.6 Å². The van der Waals surface area contributed by atoms with E-state index in [-0.39, 0.29) is 17.3 Å². The molecule has 0 bridgehead atoms. The van der Waals surface area contributed by atoms with E-state index >= 15 is 0 Å². The van der Waals surface area contributed by atoms with Gasteiger partial charge in [0.25, 0.3) is 0 Å². The lowest BCUT2D eigenvalue weighted by molar-refractivity contribution is -0.116. The van der Waals surface area contributed by atoms with Crippen molar-refractivity contribution in [3.05, 3.63) is 59.7 Å². The molecule has 0 unspecified atom stereocenters. The highest BCUT2D eigenvalue weighted by Crippen LogP contribution is 2.32. The summed E-state index contributed by atoms with van der Waals surface area (Å²) in [6, 6.07) is 14.6. The van der Waals surface area contributed by atoms with Gasteiger partial charge in [0.15, 0.2) is 0 Å². The maximum Gasteiger partial charge on any atom is 0.243 e. The fourth-order valence-corrected chi connectivity index (χ4v) is 4.82. The number of nitrogens with two attached hydrogens (primary N) is 1. The maximum absolute atomic E-state index is 13.3. The molecule has 0 fully saturated rings. The monoisotopic (exact) mass is 387 g/mol. The summed E-state index contributed by atoms with van der Waals surface area (Å²) in [4.78, 5) is 13.7. The van der Waals surface area contributed by atoms with Gasteiger partial charge < -0.3 is 10.6 Å². The van der Waals surface area contributed by atoms with E-state index in [2.05, 4.69) is 0 Å². The zero-order valence-electron chi connectivity index (χ0n) is 15.5. The Morgan fingerprint density at radius 1 is 1.19 bits per heavy atom. The minimum absolute atomic E-state index is 0.0763. The average Bonchev–Trinajstić information content (AvgIpc) is 3.09. The first-order valence-corrected chi connectivity index (χ1v) is 10.5. The summed E-state index contributed by atoms with van der Waals surface area (Å²) in [5, 5.41) is 0. The highest BCUT2D eigenvalue weighted by atomic mass is 32.2. The molecule has 0 radical (unpaired) electrons.